The predicted octanol–water partition coefficient (Wildman–Crippen LogP) is 0.417. The van der Waals surface area contributed by atoms with E-state index in [0.717, 1.165) is 26.4 Å². The van der Waals surface area contributed by atoms with E-state index in [2.05, 4.69) is 19.2 Å². The molecule has 0 bridgehead atoms. The lowest BCUT2D eigenvalue weighted by molar-refractivity contribution is -0.159. The number of carbonyl (C=O) groups is 3. The van der Waals surface area contributed by atoms with E-state index in [1.165, 1.54) is 5.57 Å². The summed E-state index contributed by atoms with van der Waals surface area (Å²) in [5.74, 6) is -0.775. The second-order valence-electron chi connectivity index (χ2n) is 5.46. The molecule has 9 heteroatoms. The fourth-order valence-corrected chi connectivity index (χ4v) is 2.38. The Hall–Kier alpha value is -2.23. The number of aliphatic hydroxyl groups is 2. The van der Waals surface area contributed by atoms with Crippen molar-refractivity contribution in [3.63, 3.8) is 0 Å². The van der Waals surface area contributed by atoms with Crippen molar-refractivity contribution < 1.29 is 39.2 Å². The van der Waals surface area contributed by atoms with E-state index in [9.17, 15) is 14.7 Å². The molecule has 2 aliphatic heterocycles. The zero-order valence-corrected chi connectivity index (χ0v) is 15.0. The van der Waals surface area contributed by atoms with Gasteiger partial charge in [-0.05, 0) is 26.2 Å². The van der Waals surface area contributed by atoms with E-state index >= 15 is 0 Å². The predicted molar refractivity (Wildman–Crippen MR) is 91.7 cm³/mol. The second kappa shape index (κ2) is 14.0. The quantitative estimate of drug-likeness (QED) is 0.447. The van der Waals surface area contributed by atoms with Crippen LogP contribution in [-0.4, -0.2) is 71.1 Å². The number of hydrogen-bond acceptors (Lipinski definition) is 8. The number of rotatable bonds is 6. The number of carboxylic acid groups (broad SMARTS) is 1. The van der Waals surface area contributed by atoms with E-state index in [1.54, 1.807) is 0 Å². The summed E-state index contributed by atoms with van der Waals surface area (Å²) in [7, 11) is 1.00. The van der Waals surface area contributed by atoms with Crippen LogP contribution in [0, 0.1) is 0 Å². The van der Waals surface area contributed by atoms with E-state index in [-0.39, 0.29) is 31.8 Å². The normalized spacial score (nSPS) is 22.0. The van der Waals surface area contributed by atoms with Gasteiger partial charge in [0, 0.05) is 25.9 Å². The first-order chi connectivity index (χ1) is 12.5. The average Bonchev–Trinajstić information content (AvgIpc) is 3.11. The highest BCUT2D eigenvalue weighted by molar-refractivity contribution is 5.77. The highest BCUT2D eigenvalue weighted by atomic mass is 16.6. The van der Waals surface area contributed by atoms with Gasteiger partial charge in [-0.1, -0.05) is 11.6 Å². The topological polar surface area (TPSA) is 134 Å². The minimum atomic E-state index is -1.38. The molecule has 9 nitrogen and oxygen atoms in total. The van der Waals surface area contributed by atoms with Gasteiger partial charge in [0.25, 0.3) is 6.47 Å². The summed E-state index contributed by atoms with van der Waals surface area (Å²) in [6.45, 7) is 1.92. The highest BCUT2D eigenvalue weighted by Gasteiger charge is 2.30. The molecular weight excluding hydrogens is 346 g/mol. The summed E-state index contributed by atoms with van der Waals surface area (Å²) in [5, 5.41) is 23.2. The van der Waals surface area contributed by atoms with Crippen LogP contribution in [0.15, 0.2) is 24.0 Å². The third-order valence-electron chi connectivity index (χ3n) is 3.51. The number of ether oxygens (including phenoxy) is 2. The van der Waals surface area contributed by atoms with Crippen LogP contribution in [-0.2, 0) is 23.9 Å². The number of aldehydes is 1. The van der Waals surface area contributed by atoms with E-state index in [4.69, 9.17) is 24.5 Å². The Balaban J connectivity index is 0.00000113. The van der Waals surface area contributed by atoms with Crippen molar-refractivity contribution in [2.45, 2.75) is 51.0 Å². The van der Waals surface area contributed by atoms with Crippen LogP contribution in [0.5, 0.6) is 0 Å². The van der Waals surface area contributed by atoms with Crippen molar-refractivity contribution in [1.82, 2.24) is 4.90 Å². The number of nitrogens with zero attached hydrogens (tertiary/aromatic N) is 1. The fourth-order valence-electron chi connectivity index (χ4n) is 2.38. The smallest absolute Gasteiger partial charge is 0.335 e. The molecule has 0 aromatic heterocycles. The molecule has 3 unspecified atom stereocenters. The van der Waals surface area contributed by atoms with Gasteiger partial charge in [-0.2, -0.15) is 0 Å². The average molecular weight is 373 g/mol. The van der Waals surface area contributed by atoms with Gasteiger partial charge in [0.15, 0.2) is 6.10 Å². The molecule has 3 atom stereocenters. The molecule has 0 aliphatic carbocycles. The number of allylic oxidation sites excluding steroid dienone is 2. The molecule has 2 aliphatic rings. The summed E-state index contributed by atoms with van der Waals surface area (Å²) in [4.78, 5) is 32.0. The summed E-state index contributed by atoms with van der Waals surface area (Å²) in [5.41, 5.74) is 1.27. The second-order valence-corrected chi connectivity index (χ2v) is 5.46. The molecule has 0 aromatic rings. The summed E-state index contributed by atoms with van der Waals surface area (Å²) >= 11 is 0. The molecule has 1 fully saturated rings. The minimum Gasteiger partial charge on any atom is -0.483 e. The maximum absolute atomic E-state index is 11.4. The van der Waals surface area contributed by atoms with Gasteiger partial charge in [0.2, 0.25) is 0 Å². The maximum atomic E-state index is 11.4. The highest BCUT2D eigenvalue weighted by Crippen LogP contribution is 2.26. The largest absolute Gasteiger partial charge is 0.483 e. The first-order valence-corrected chi connectivity index (χ1v) is 8.09. The first kappa shape index (κ1) is 23.8. The van der Waals surface area contributed by atoms with Crippen LogP contribution in [0.2, 0.25) is 0 Å². The molecule has 2 heterocycles. The van der Waals surface area contributed by atoms with Crippen LogP contribution in [0.4, 0.5) is 0 Å². The molecule has 0 saturated carbocycles. The summed E-state index contributed by atoms with van der Waals surface area (Å²) in [6, 6.07) is 0. The van der Waals surface area contributed by atoms with Gasteiger partial charge >= 0.3 is 5.97 Å². The minimum absolute atomic E-state index is 0.0416. The van der Waals surface area contributed by atoms with Gasteiger partial charge in [-0.15, -0.1) is 0 Å². The zero-order valence-electron chi connectivity index (χ0n) is 15.0. The van der Waals surface area contributed by atoms with Crippen LogP contribution in [0.3, 0.4) is 0 Å². The molecule has 0 spiro atoms. The Labute approximate surface area is 152 Å². The Kier molecular flexibility index (Phi) is 12.8. The van der Waals surface area contributed by atoms with E-state index < -0.39 is 12.1 Å². The van der Waals surface area contributed by atoms with Crippen molar-refractivity contribution in [2.24, 2.45) is 0 Å². The molecule has 0 radical (unpaired) electrons. The molecule has 2 rings (SSSR count). The summed E-state index contributed by atoms with van der Waals surface area (Å²) < 4.78 is 10.8. The molecular formula is C17H27NO8. The first-order valence-electron chi connectivity index (χ1n) is 8.09. The van der Waals surface area contributed by atoms with Crippen LogP contribution < -0.4 is 0 Å². The van der Waals surface area contributed by atoms with Gasteiger partial charge in [0.1, 0.15) is 19.1 Å². The van der Waals surface area contributed by atoms with E-state index in [1.807, 2.05) is 11.1 Å². The van der Waals surface area contributed by atoms with Crippen molar-refractivity contribution in [3.05, 3.63) is 24.0 Å². The lowest BCUT2D eigenvalue weighted by Crippen LogP contribution is -2.30. The zero-order chi connectivity index (χ0) is 19.9. The molecule has 148 valence electrons. The third-order valence-corrected chi connectivity index (χ3v) is 3.51. The van der Waals surface area contributed by atoms with Crippen molar-refractivity contribution in [1.29, 1.82) is 0 Å². The van der Waals surface area contributed by atoms with Gasteiger partial charge in [-0.3, -0.25) is 4.79 Å². The van der Waals surface area contributed by atoms with Crippen LogP contribution in [0.1, 0.15) is 32.6 Å². The van der Waals surface area contributed by atoms with Crippen LogP contribution >= 0.6 is 0 Å². The maximum Gasteiger partial charge on any atom is 0.335 e. The van der Waals surface area contributed by atoms with Gasteiger partial charge in [-0.25, -0.2) is 4.79 Å². The number of aliphatic hydroxyl groups excluding tert-OH is 2. The SMILES string of the molecule is CC1=CN(C2CCC(COC(=O)C(O)CC=O)O2)C=CC1.CO.O=CO. The van der Waals surface area contributed by atoms with Crippen molar-refractivity contribution in [2.75, 3.05) is 13.7 Å². The van der Waals surface area contributed by atoms with Crippen molar-refractivity contribution >= 4 is 18.7 Å². The lowest BCUT2D eigenvalue weighted by atomic mass is 10.2. The third kappa shape index (κ3) is 8.75. The molecule has 26 heavy (non-hydrogen) atoms. The van der Waals surface area contributed by atoms with E-state index in [0.29, 0.717) is 6.29 Å². The molecule has 1 saturated heterocycles. The molecule has 0 aromatic carbocycles. The standard InChI is InChI=1S/C15H21NO5.CH2O2.CH4O/c1-11-3-2-7-16(9-11)14-5-4-12(21-14)10-20-15(19)13(18)6-8-17;2-1-3;1-2/h2,7-9,12-14,18H,3-6,10H2,1H3;1H,(H,2,3);2H,1H3. The number of carbonyl (C=O) groups excluding carboxylic acids is 2. The van der Waals surface area contributed by atoms with Crippen molar-refractivity contribution in [3.8, 4) is 0 Å². The Morgan fingerprint density at radius 3 is 2.65 bits per heavy atom. The summed E-state index contributed by atoms with van der Waals surface area (Å²) in [6.07, 6.45) is 7.41. The van der Waals surface area contributed by atoms with Gasteiger partial charge < -0.3 is 34.5 Å². The Bertz CT molecular complexity index is 491. The Morgan fingerprint density at radius 2 is 2.08 bits per heavy atom. The fraction of sp³-hybridized carbons (Fsp3) is 0.588. The van der Waals surface area contributed by atoms with Gasteiger partial charge in [0.05, 0.1) is 6.10 Å². The van der Waals surface area contributed by atoms with Crippen LogP contribution in [0.25, 0.3) is 0 Å². The lowest BCUT2D eigenvalue weighted by Gasteiger charge is -2.27. The number of esters is 1. The molecule has 0 amide bonds. The monoisotopic (exact) mass is 373 g/mol. The molecule has 3 N–H and O–H groups in total. The number of hydrogen-bond donors (Lipinski definition) is 3. The Morgan fingerprint density at radius 1 is 1.42 bits per heavy atom.